The lowest BCUT2D eigenvalue weighted by Crippen LogP contribution is -2.42. The summed E-state index contributed by atoms with van der Waals surface area (Å²) in [7, 11) is -3.67. The van der Waals surface area contributed by atoms with Gasteiger partial charge >= 0.3 is 0 Å². The Kier molecular flexibility index (Phi) is 6.12. The lowest BCUT2D eigenvalue weighted by Gasteiger charge is -2.38. The molecule has 3 aromatic rings. The number of hydrogen-bond acceptors (Lipinski definition) is 7. The van der Waals surface area contributed by atoms with Crippen molar-refractivity contribution in [1.29, 1.82) is 0 Å². The molecular weight excluding hydrogens is 476 g/mol. The van der Waals surface area contributed by atoms with Gasteiger partial charge in [-0.25, -0.2) is 0 Å². The van der Waals surface area contributed by atoms with Gasteiger partial charge in [0.25, 0.3) is 0 Å². The van der Waals surface area contributed by atoms with Gasteiger partial charge in [0.1, 0.15) is 28.6 Å². The van der Waals surface area contributed by atoms with Crippen LogP contribution < -0.4 is 10.1 Å². The topological polar surface area (TPSA) is 111 Å². The Morgan fingerprint density at radius 1 is 1.03 bits per heavy atom. The molecule has 1 aliphatic heterocycles. The zero-order valence-electron chi connectivity index (χ0n) is 20.1. The summed E-state index contributed by atoms with van der Waals surface area (Å²) in [6.45, 7) is 4.18. The molecule has 36 heavy (non-hydrogen) atoms. The molecule has 3 aromatic carbocycles. The van der Waals surface area contributed by atoms with E-state index in [4.69, 9.17) is 4.74 Å². The average molecular weight is 505 g/mol. The maximum atomic E-state index is 13.8. The highest BCUT2D eigenvalue weighted by atomic mass is 32.3. The van der Waals surface area contributed by atoms with Crippen molar-refractivity contribution in [3.63, 3.8) is 0 Å². The van der Waals surface area contributed by atoms with E-state index >= 15 is 0 Å². The van der Waals surface area contributed by atoms with Crippen LogP contribution in [0.5, 0.6) is 5.75 Å². The number of ketones is 1. The molecule has 5 rings (SSSR count). The summed E-state index contributed by atoms with van der Waals surface area (Å²) in [5.74, 6) is -0.136. The number of carbonyl (C=O) groups excluding carboxylic acids is 1. The number of Topliss-reactive ketones (excluding diaryl/α,β-unsaturated/α-hetero) is 1. The predicted octanol–water partition coefficient (Wildman–Crippen LogP) is 6.72. The number of benzene rings is 3. The number of aliphatic hydroxyl groups is 1. The van der Waals surface area contributed by atoms with Crippen LogP contribution >= 0.6 is 10.8 Å². The summed E-state index contributed by atoms with van der Waals surface area (Å²) in [6.07, 6.45) is 1.33. The number of ether oxygens (including phenoxy) is 1. The number of aliphatic hydroxyl groups excluding tert-OH is 1. The summed E-state index contributed by atoms with van der Waals surface area (Å²) in [5.41, 5.74) is 1.74. The molecule has 2 aliphatic rings. The molecule has 0 radical (unpaired) electrons. The second kappa shape index (κ2) is 9.13. The summed E-state index contributed by atoms with van der Waals surface area (Å²) in [6, 6.07) is 21.8. The Balaban J connectivity index is 1.51. The van der Waals surface area contributed by atoms with Crippen molar-refractivity contribution in [3.05, 3.63) is 95.1 Å². The van der Waals surface area contributed by atoms with Crippen LogP contribution in [0.15, 0.2) is 87.7 Å². The zero-order chi connectivity index (χ0) is 25.5. The smallest absolute Gasteiger partial charge is 0.180 e. The van der Waals surface area contributed by atoms with Crippen LogP contribution in [0.4, 0.5) is 5.69 Å². The molecule has 0 bridgehead atoms. The van der Waals surface area contributed by atoms with Crippen molar-refractivity contribution >= 4 is 33.8 Å². The predicted molar refractivity (Wildman–Crippen MR) is 143 cm³/mol. The van der Waals surface area contributed by atoms with E-state index in [1.165, 1.54) is 6.07 Å². The highest BCUT2D eigenvalue weighted by Crippen LogP contribution is 2.57. The summed E-state index contributed by atoms with van der Waals surface area (Å²) in [4.78, 5) is 14.0. The van der Waals surface area contributed by atoms with Crippen LogP contribution in [-0.2, 0) is 16.8 Å². The zero-order valence-corrected chi connectivity index (χ0v) is 20.9. The van der Waals surface area contributed by atoms with Crippen LogP contribution in [0.1, 0.15) is 43.4 Å². The minimum Gasteiger partial charge on any atom is -0.506 e. The number of rotatable bonds is 6. The number of nitrogens with one attached hydrogen (secondary N) is 1. The third-order valence-electron chi connectivity index (χ3n) is 6.70. The third-order valence-corrected chi connectivity index (χ3v) is 8.06. The van der Waals surface area contributed by atoms with Gasteiger partial charge in [-0.2, -0.15) is 0 Å². The van der Waals surface area contributed by atoms with Gasteiger partial charge in [-0.05, 0) is 36.6 Å². The first kappa shape index (κ1) is 24.1. The van der Waals surface area contributed by atoms with Crippen molar-refractivity contribution in [2.45, 2.75) is 43.6 Å². The van der Waals surface area contributed by atoms with Gasteiger partial charge in [0.05, 0.1) is 11.1 Å². The van der Waals surface area contributed by atoms with E-state index in [0.717, 1.165) is 17.5 Å². The molecule has 8 heteroatoms. The molecule has 1 aliphatic carbocycles. The Morgan fingerprint density at radius 3 is 2.50 bits per heavy atom. The van der Waals surface area contributed by atoms with Gasteiger partial charge in [0.15, 0.2) is 11.6 Å². The third kappa shape index (κ3) is 4.07. The summed E-state index contributed by atoms with van der Waals surface area (Å²) < 4.78 is 31.9. The number of hydrogen-bond donors (Lipinski definition) is 4. The molecule has 0 aromatic heterocycles. The van der Waals surface area contributed by atoms with Crippen molar-refractivity contribution in [3.8, 4) is 5.75 Å². The van der Waals surface area contributed by atoms with Gasteiger partial charge in [-0.1, -0.05) is 78.7 Å². The second-order valence-corrected chi connectivity index (χ2v) is 10.9. The van der Waals surface area contributed by atoms with E-state index < -0.39 is 16.2 Å². The van der Waals surface area contributed by atoms with Gasteiger partial charge in [-0.15, -0.1) is 4.40 Å². The molecule has 4 N–H and O–H groups in total. The van der Waals surface area contributed by atoms with E-state index in [9.17, 15) is 19.0 Å². The number of fused-ring (bicyclic) bond motifs is 2. The maximum Gasteiger partial charge on any atom is 0.180 e. The Bertz CT molecular complexity index is 1400. The molecule has 1 heterocycles. The van der Waals surface area contributed by atoms with E-state index in [2.05, 4.69) is 9.71 Å². The van der Waals surface area contributed by atoms with Crippen LogP contribution in [0.3, 0.4) is 0 Å². The van der Waals surface area contributed by atoms with Crippen LogP contribution in [0.2, 0.25) is 0 Å². The van der Waals surface area contributed by atoms with Gasteiger partial charge < -0.3 is 15.2 Å². The largest absolute Gasteiger partial charge is 0.506 e. The Labute approximate surface area is 211 Å². The number of anilines is 1. The normalized spacial score (nSPS) is 21.1. The molecule has 0 saturated carbocycles. The average Bonchev–Trinajstić information content (AvgIpc) is 2.87. The minimum atomic E-state index is -3.67. The van der Waals surface area contributed by atoms with Gasteiger partial charge in [0, 0.05) is 11.6 Å². The molecule has 1 atom stereocenters. The summed E-state index contributed by atoms with van der Waals surface area (Å²) in [5, 5.41) is 14.2. The first-order valence-electron chi connectivity index (χ1n) is 11.8. The molecule has 0 amide bonds. The van der Waals surface area contributed by atoms with E-state index in [1.54, 1.807) is 24.3 Å². The molecular formula is C28H28N2O5S. The SMILES string of the molecule is CCCC1(C)C(=O)C(C2=NS(O)(O)c3cc(OCc4ccccc4)ccc3N2)=C(O)c2ccccc21. The Morgan fingerprint density at radius 2 is 1.75 bits per heavy atom. The molecule has 186 valence electrons. The highest BCUT2D eigenvalue weighted by molar-refractivity contribution is 8.23. The lowest BCUT2D eigenvalue weighted by atomic mass is 9.67. The standard InChI is InChI=1S/C28H28N2O5S/c1-3-15-28(2)21-12-8-7-11-20(21)25(31)24(26(28)32)27-29-22-14-13-19(16-23(22)36(33,34)30-27)35-17-18-9-5-4-6-10-18/h4-14,16,31,33-34H,3,15,17H2,1-2H3,(H,29,30). The molecule has 0 spiro atoms. The van der Waals surface area contributed by atoms with E-state index in [-0.39, 0.29) is 27.8 Å². The summed E-state index contributed by atoms with van der Waals surface area (Å²) >= 11 is 0. The highest BCUT2D eigenvalue weighted by Gasteiger charge is 2.46. The van der Waals surface area contributed by atoms with Crippen molar-refractivity contribution in [2.24, 2.45) is 4.40 Å². The fourth-order valence-corrected chi connectivity index (χ4v) is 6.06. The van der Waals surface area contributed by atoms with Gasteiger partial charge in [-0.3, -0.25) is 13.9 Å². The first-order valence-corrected chi connectivity index (χ1v) is 13.3. The van der Waals surface area contributed by atoms with Crippen molar-refractivity contribution < 1.29 is 23.7 Å². The second-order valence-electron chi connectivity index (χ2n) is 9.20. The number of carbonyl (C=O) groups is 1. The van der Waals surface area contributed by atoms with Crippen LogP contribution in [-0.4, -0.2) is 25.8 Å². The monoisotopic (exact) mass is 504 g/mol. The Hall–Kier alpha value is -3.59. The quantitative estimate of drug-likeness (QED) is 0.296. The minimum absolute atomic E-state index is 0.0420. The maximum absolute atomic E-state index is 13.8. The van der Waals surface area contributed by atoms with Crippen molar-refractivity contribution in [2.75, 3.05) is 5.32 Å². The van der Waals surface area contributed by atoms with Crippen molar-refractivity contribution in [1.82, 2.24) is 0 Å². The van der Waals surface area contributed by atoms with Crippen LogP contribution in [0, 0.1) is 0 Å². The molecule has 0 saturated heterocycles. The molecule has 1 unspecified atom stereocenters. The fraction of sp³-hybridized carbons (Fsp3) is 0.214. The number of amidine groups is 1. The van der Waals surface area contributed by atoms with Gasteiger partial charge in [0.2, 0.25) is 0 Å². The first-order chi connectivity index (χ1) is 17.2. The molecule has 7 nitrogen and oxygen atoms in total. The number of nitrogens with zero attached hydrogens (tertiary/aromatic N) is 1. The lowest BCUT2D eigenvalue weighted by molar-refractivity contribution is -0.120. The van der Waals surface area contributed by atoms with E-state index in [0.29, 0.717) is 30.0 Å². The fourth-order valence-electron chi connectivity index (χ4n) is 4.88. The van der Waals surface area contributed by atoms with E-state index in [1.807, 2.05) is 56.3 Å². The van der Waals surface area contributed by atoms with Crippen LogP contribution in [0.25, 0.3) is 5.76 Å². The molecule has 0 fully saturated rings.